The SMILES string of the molecule is CCCc1c(OCc2cc(Br)cn3c(=O)cc(CCc4nnn[nH]4)nc23)ccc(C(C)=O)c1O. The summed E-state index contributed by atoms with van der Waals surface area (Å²) < 4.78 is 8.24. The van der Waals surface area contributed by atoms with Gasteiger partial charge in [0.15, 0.2) is 5.78 Å². The third-order valence-corrected chi connectivity index (χ3v) is 5.80. The monoisotopic (exact) mass is 526 g/mol. The molecule has 0 radical (unpaired) electrons. The Morgan fingerprint density at radius 2 is 2.06 bits per heavy atom. The minimum atomic E-state index is -0.214. The Balaban J connectivity index is 1.67. The molecular formula is C23H23BrN6O4. The van der Waals surface area contributed by atoms with Crippen LogP contribution in [0.5, 0.6) is 11.5 Å². The first-order valence-corrected chi connectivity index (χ1v) is 11.6. The second-order valence-corrected chi connectivity index (χ2v) is 8.76. The highest BCUT2D eigenvalue weighted by atomic mass is 79.9. The number of pyridine rings is 1. The molecule has 0 saturated heterocycles. The number of nitrogens with zero attached hydrogens (tertiary/aromatic N) is 5. The van der Waals surface area contributed by atoms with Crippen LogP contribution in [-0.2, 0) is 25.9 Å². The van der Waals surface area contributed by atoms with E-state index in [2.05, 4.69) is 41.5 Å². The molecule has 0 amide bonds. The third kappa shape index (κ3) is 4.98. The second-order valence-electron chi connectivity index (χ2n) is 7.84. The van der Waals surface area contributed by atoms with Crippen molar-refractivity contribution in [3.8, 4) is 11.5 Å². The van der Waals surface area contributed by atoms with Crippen molar-refractivity contribution in [2.75, 3.05) is 0 Å². The molecule has 0 aliphatic heterocycles. The van der Waals surface area contributed by atoms with Crippen LogP contribution in [0.3, 0.4) is 0 Å². The van der Waals surface area contributed by atoms with Gasteiger partial charge in [0.05, 0.1) is 5.56 Å². The van der Waals surface area contributed by atoms with Gasteiger partial charge in [-0.25, -0.2) is 10.1 Å². The first-order valence-electron chi connectivity index (χ1n) is 10.8. The van der Waals surface area contributed by atoms with E-state index in [0.29, 0.717) is 57.8 Å². The highest BCUT2D eigenvalue weighted by Gasteiger charge is 2.17. The Hall–Kier alpha value is -3.60. The number of benzene rings is 1. The van der Waals surface area contributed by atoms with E-state index in [1.807, 2.05) is 13.0 Å². The van der Waals surface area contributed by atoms with Crippen LogP contribution in [-0.4, -0.2) is 40.9 Å². The lowest BCUT2D eigenvalue weighted by Gasteiger charge is -2.16. The van der Waals surface area contributed by atoms with Gasteiger partial charge in [-0.1, -0.05) is 13.3 Å². The largest absolute Gasteiger partial charge is 0.507 e. The van der Waals surface area contributed by atoms with E-state index in [-0.39, 0.29) is 29.3 Å². The van der Waals surface area contributed by atoms with Gasteiger partial charge in [-0.2, -0.15) is 0 Å². The van der Waals surface area contributed by atoms with Crippen LogP contribution in [0.15, 0.2) is 39.7 Å². The number of ketones is 1. The number of hydrogen-bond acceptors (Lipinski definition) is 8. The lowest BCUT2D eigenvalue weighted by Crippen LogP contribution is -2.18. The number of Topliss-reactive ketones (excluding diaryl/α,β-unsaturated/α-hetero) is 1. The number of carbonyl (C=O) groups is 1. The molecule has 10 nitrogen and oxygen atoms in total. The average molecular weight is 527 g/mol. The zero-order valence-corrected chi connectivity index (χ0v) is 20.3. The standard InChI is InChI=1S/C23H23BrN6O4/c1-3-4-18-19(7-6-17(13(2)31)22(18)33)34-12-14-9-15(24)11-30-21(32)10-16(25-23(14)30)5-8-20-26-28-29-27-20/h6-7,9-11,33H,3-5,8,12H2,1-2H3,(H,26,27,28,29). The fourth-order valence-electron chi connectivity index (χ4n) is 3.73. The summed E-state index contributed by atoms with van der Waals surface area (Å²) in [6.45, 7) is 3.51. The number of fused-ring (bicyclic) bond motifs is 1. The zero-order valence-electron chi connectivity index (χ0n) is 18.7. The van der Waals surface area contributed by atoms with Crippen LogP contribution in [0.25, 0.3) is 5.65 Å². The van der Waals surface area contributed by atoms with Gasteiger partial charge in [0.1, 0.15) is 29.6 Å². The Kier molecular flexibility index (Phi) is 7.01. The quantitative estimate of drug-likeness (QED) is 0.317. The summed E-state index contributed by atoms with van der Waals surface area (Å²) >= 11 is 3.45. The van der Waals surface area contributed by atoms with Gasteiger partial charge in [-0.05, 0) is 64.3 Å². The predicted octanol–water partition coefficient (Wildman–Crippen LogP) is 3.20. The number of phenolic OH excluding ortho intramolecular Hbond substituents is 1. The lowest BCUT2D eigenvalue weighted by molar-refractivity contribution is 0.101. The maximum atomic E-state index is 12.8. The second kappa shape index (κ2) is 10.1. The van der Waals surface area contributed by atoms with Crippen molar-refractivity contribution in [2.24, 2.45) is 0 Å². The van der Waals surface area contributed by atoms with Crippen molar-refractivity contribution in [3.05, 3.63) is 73.5 Å². The minimum Gasteiger partial charge on any atom is -0.507 e. The minimum absolute atomic E-state index is 0.0514. The van der Waals surface area contributed by atoms with Crippen LogP contribution in [0.2, 0.25) is 0 Å². The van der Waals surface area contributed by atoms with Gasteiger partial charge in [0, 0.05) is 40.0 Å². The molecule has 0 fully saturated rings. The Labute approximate surface area is 203 Å². The van der Waals surface area contributed by atoms with Gasteiger partial charge >= 0.3 is 0 Å². The van der Waals surface area contributed by atoms with Crippen molar-refractivity contribution in [3.63, 3.8) is 0 Å². The number of aryl methyl sites for hydroxylation is 2. The van der Waals surface area contributed by atoms with E-state index >= 15 is 0 Å². The molecule has 4 aromatic rings. The first-order chi connectivity index (χ1) is 16.4. The molecule has 0 unspecified atom stereocenters. The van der Waals surface area contributed by atoms with Gasteiger partial charge in [0.25, 0.3) is 5.56 Å². The molecule has 0 saturated carbocycles. The van der Waals surface area contributed by atoms with E-state index < -0.39 is 0 Å². The van der Waals surface area contributed by atoms with Gasteiger partial charge in [-0.3, -0.25) is 14.0 Å². The molecular weight excluding hydrogens is 504 g/mol. The van der Waals surface area contributed by atoms with Crippen LogP contribution in [0.4, 0.5) is 0 Å². The summed E-state index contributed by atoms with van der Waals surface area (Å²) in [6, 6.07) is 6.59. The topological polar surface area (TPSA) is 135 Å². The van der Waals surface area contributed by atoms with Gasteiger partial charge in [-0.15, -0.1) is 5.10 Å². The van der Waals surface area contributed by atoms with Crippen LogP contribution >= 0.6 is 15.9 Å². The maximum absolute atomic E-state index is 12.8. The number of phenols is 1. The molecule has 0 atom stereocenters. The Bertz CT molecular complexity index is 1400. The molecule has 3 heterocycles. The van der Waals surface area contributed by atoms with E-state index in [9.17, 15) is 14.7 Å². The third-order valence-electron chi connectivity index (χ3n) is 5.37. The summed E-state index contributed by atoms with van der Waals surface area (Å²) in [5.74, 6) is 0.832. The fraction of sp³-hybridized carbons (Fsp3) is 0.304. The molecule has 0 spiro atoms. The van der Waals surface area contributed by atoms with Crippen LogP contribution < -0.4 is 10.3 Å². The number of H-pyrrole nitrogens is 1. The molecule has 2 N–H and O–H groups in total. The lowest BCUT2D eigenvalue weighted by atomic mass is 10.0. The first kappa shape index (κ1) is 23.6. The van der Waals surface area contributed by atoms with E-state index in [0.717, 1.165) is 6.42 Å². The number of aromatic hydroxyl groups is 1. The number of nitrogens with one attached hydrogen (secondary N) is 1. The maximum Gasteiger partial charge on any atom is 0.258 e. The van der Waals surface area contributed by atoms with Crippen molar-refractivity contribution < 1.29 is 14.6 Å². The Morgan fingerprint density at radius 1 is 1.24 bits per heavy atom. The van der Waals surface area contributed by atoms with Gasteiger partial charge in [0.2, 0.25) is 0 Å². The molecule has 1 aromatic carbocycles. The average Bonchev–Trinajstić information content (AvgIpc) is 3.32. The molecule has 176 valence electrons. The van der Waals surface area contributed by atoms with Crippen molar-refractivity contribution in [2.45, 2.75) is 46.1 Å². The number of hydrogen-bond donors (Lipinski definition) is 2. The predicted molar refractivity (Wildman–Crippen MR) is 127 cm³/mol. The van der Waals surface area contributed by atoms with Gasteiger partial charge < -0.3 is 9.84 Å². The van der Waals surface area contributed by atoms with Crippen LogP contribution in [0.1, 0.15) is 53.3 Å². The molecule has 11 heteroatoms. The number of aromatic amines is 1. The molecule has 0 bridgehead atoms. The summed E-state index contributed by atoms with van der Waals surface area (Å²) in [5.41, 5.74) is 2.41. The summed E-state index contributed by atoms with van der Waals surface area (Å²) in [4.78, 5) is 29.3. The molecule has 34 heavy (non-hydrogen) atoms. The van der Waals surface area contributed by atoms with Crippen LogP contribution in [0, 0.1) is 0 Å². The summed E-state index contributed by atoms with van der Waals surface area (Å²) in [6.07, 6.45) is 3.99. The van der Waals surface area contributed by atoms with Crippen molar-refractivity contribution in [1.29, 1.82) is 0 Å². The van der Waals surface area contributed by atoms with Crippen molar-refractivity contribution in [1.82, 2.24) is 30.0 Å². The normalized spacial score (nSPS) is 11.1. The number of carbonyl (C=O) groups excluding carboxylic acids is 1. The summed E-state index contributed by atoms with van der Waals surface area (Å²) in [7, 11) is 0. The molecule has 0 aliphatic carbocycles. The number of tetrazole rings is 1. The highest BCUT2D eigenvalue weighted by molar-refractivity contribution is 9.10. The van der Waals surface area contributed by atoms with E-state index in [1.165, 1.54) is 17.4 Å². The Morgan fingerprint density at radius 3 is 2.76 bits per heavy atom. The fourth-order valence-corrected chi connectivity index (χ4v) is 4.21. The highest BCUT2D eigenvalue weighted by Crippen LogP contribution is 2.33. The molecule has 0 aliphatic rings. The number of rotatable bonds is 9. The summed E-state index contributed by atoms with van der Waals surface area (Å²) in [5, 5.41) is 24.3. The van der Waals surface area contributed by atoms with E-state index in [4.69, 9.17) is 4.74 Å². The van der Waals surface area contributed by atoms with E-state index in [1.54, 1.807) is 18.3 Å². The number of ether oxygens (including phenoxy) is 1. The zero-order chi connectivity index (χ0) is 24.2. The number of aromatic nitrogens is 6. The number of halogens is 1. The molecule has 3 aromatic heterocycles. The molecule has 4 rings (SSSR count). The van der Waals surface area contributed by atoms with Crippen molar-refractivity contribution >= 4 is 27.4 Å². The smallest absolute Gasteiger partial charge is 0.258 e.